The maximum absolute atomic E-state index is 11.8. The Hall–Kier alpha value is -2.49. The molecule has 9 nitrogen and oxygen atoms in total. The summed E-state index contributed by atoms with van der Waals surface area (Å²) in [5, 5.41) is 19.0. The molecule has 3 aromatic rings. The smallest absolute Gasteiger partial charge is 0.317 e. The maximum Gasteiger partial charge on any atom is 0.317 e. The van der Waals surface area contributed by atoms with E-state index in [9.17, 15) is 9.90 Å². The lowest BCUT2D eigenvalue weighted by atomic mass is 9.66. The van der Waals surface area contributed by atoms with Crippen LogP contribution in [0.15, 0.2) is 21.4 Å². The second kappa shape index (κ2) is 9.85. The van der Waals surface area contributed by atoms with Crippen LogP contribution in [0.5, 0.6) is 0 Å². The molecule has 11 heteroatoms. The van der Waals surface area contributed by atoms with Gasteiger partial charge in [0.05, 0.1) is 22.3 Å². The van der Waals surface area contributed by atoms with E-state index in [4.69, 9.17) is 37.0 Å². The number of rotatable bonds is 10. The minimum absolute atomic E-state index is 0.281. The van der Waals surface area contributed by atoms with Crippen molar-refractivity contribution in [3.05, 3.63) is 45.5 Å². The zero-order valence-electron chi connectivity index (χ0n) is 22.1. The number of aliphatic carboxylic acids is 1. The number of ether oxygens (including phenoxy) is 1. The van der Waals surface area contributed by atoms with Crippen molar-refractivity contribution in [3.8, 4) is 11.3 Å². The number of hydrogen-bond acceptors (Lipinski definition) is 8. The van der Waals surface area contributed by atoms with Gasteiger partial charge in [-0.15, -0.1) is 0 Å². The summed E-state index contributed by atoms with van der Waals surface area (Å²) >= 11 is 12.9. The molecule has 0 bridgehead atoms. The molecule has 208 valence electrons. The summed E-state index contributed by atoms with van der Waals surface area (Å²) in [5.74, 6) is 1.18. The van der Waals surface area contributed by atoms with E-state index in [1.54, 1.807) is 12.4 Å². The van der Waals surface area contributed by atoms with Gasteiger partial charge in [-0.25, -0.2) is 0 Å². The van der Waals surface area contributed by atoms with Crippen molar-refractivity contribution in [1.29, 1.82) is 0 Å². The summed E-state index contributed by atoms with van der Waals surface area (Å²) in [6, 6.07) is 0. The van der Waals surface area contributed by atoms with Crippen LogP contribution in [0.3, 0.4) is 0 Å². The monoisotopic (exact) mass is 574 g/mol. The van der Waals surface area contributed by atoms with E-state index in [1.807, 2.05) is 0 Å². The zero-order chi connectivity index (χ0) is 27.4. The highest BCUT2D eigenvalue weighted by Gasteiger charge is 2.56. The van der Waals surface area contributed by atoms with Gasteiger partial charge >= 0.3 is 5.97 Å². The highest BCUT2D eigenvalue weighted by Crippen LogP contribution is 2.51. The average Bonchev–Trinajstić information content (AvgIpc) is 3.83. The maximum atomic E-state index is 11.8. The Morgan fingerprint density at radius 3 is 2.36 bits per heavy atom. The van der Waals surface area contributed by atoms with Crippen molar-refractivity contribution in [3.63, 3.8) is 0 Å². The Balaban J connectivity index is 1.21. The molecule has 3 heterocycles. The van der Waals surface area contributed by atoms with Crippen LogP contribution < -0.4 is 0 Å². The predicted molar refractivity (Wildman–Crippen MR) is 143 cm³/mol. The molecule has 1 N–H and O–H groups in total. The predicted octanol–water partition coefficient (Wildman–Crippen LogP) is 7.01. The van der Waals surface area contributed by atoms with Crippen LogP contribution in [0.25, 0.3) is 11.3 Å². The zero-order valence-corrected chi connectivity index (χ0v) is 23.6. The van der Waals surface area contributed by atoms with Gasteiger partial charge in [0.1, 0.15) is 16.9 Å². The van der Waals surface area contributed by atoms with Gasteiger partial charge in [0.2, 0.25) is 5.89 Å². The van der Waals surface area contributed by atoms with Crippen LogP contribution in [0.2, 0.25) is 10.0 Å². The Kier molecular flexibility index (Phi) is 6.75. The molecule has 0 radical (unpaired) electrons. The molecule has 0 aromatic carbocycles. The molecular formula is C28H32Cl2N4O5. The Morgan fingerprint density at radius 1 is 1.08 bits per heavy atom. The van der Waals surface area contributed by atoms with Crippen LogP contribution in [0.4, 0.5) is 0 Å². The molecule has 3 fully saturated rings. The molecule has 0 unspecified atom stereocenters. The standard InChI is InChI=1S/C28H32Cl2N4O5/c1-3-6-27(24-32-23(34-39-24)28(11-12-28)25(35)36)9-7-26(2,8-10-27)37-15-17-21(33-38-22(17)16-4-5-16)20-18(29)13-31-14-19(20)30/h13-14,16H,3-12,15H2,1-2H3,(H,35,36). The molecular weight excluding hydrogens is 543 g/mol. The lowest BCUT2D eigenvalue weighted by molar-refractivity contribution is -0.140. The molecule has 3 aliphatic carbocycles. The molecule has 3 aliphatic rings. The van der Waals surface area contributed by atoms with Gasteiger partial charge in [-0.3, -0.25) is 9.78 Å². The first-order valence-corrected chi connectivity index (χ1v) is 14.5. The number of carboxylic acid groups (broad SMARTS) is 1. The molecule has 0 atom stereocenters. The summed E-state index contributed by atoms with van der Waals surface area (Å²) in [5.41, 5.74) is 0.485. The lowest BCUT2D eigenvalue weighted by Crippen LogP contribution is -2.41. The third kappa shape index (κ3) is 4.76. The largest absolute Gasteiger partial charge is 0.480 e. The fourth-order valence-electron chi connectivity index (χ4n) is 5.95. The van der Waals surface area contributed by atoms with Crippen molar-refractivity contribution in [2.75, 3.05) is 0 Å². The van der Waals surface area contributed by atoms with E-state index in [0.717, 1.165) is 62.7 Å². The average molecular weight is 575 g/mol. The van der Waals surface area contributed by atoms with Gasteiger partial charge in [-0.05, 0) is 64.7 Å². The fraction of sp³-hybridized carbons (Fsp3) is 0.607. The first-order chi connectivity index (χ1) is 18.7. The topological polar surface area (TPSA) is 124 Å². The van der Waals surface area contributed by atoms with Crippen LogP contribution in [-0.2, 0) is 27.0 Å². The summed E-state index contributed by atoms with van der Waals surface area (Å²) in [4.78, 5) is 20.5. The highest BCUT2D eigenvalue weighted by molar-refractivity contribution is 6.38. The van der Waals surface area contributed by atoms with E-state index in [0.29, 0.717) is 58.4 Å². The highest BCUT2D eigenvalue weighted by atomic mass is 35.5. The van der Waals surface area contributed by atoms with Crippen molar-refractivity contribution in [1.82, 2.24) is 20.3 Å². The third-order valence-electron chi connectivity index (χ3n) is 8.88. The van der Waals surface area contributed by atoms with Crippen LogP contribution in [0, 0.1) is 0 Å². The van der Waals surface area contributed by atoms with Gasteiger partial charge in [0, 0.05) is 34.9 Å². The van der Waals surface area contributed by atoms with Crippen LogP contribution in [0.1, 0.15) is 107 Å². The van der Waals surface area contributed by atoms with E-state index < -0.39 is 11.4 Å². The Labute approximate surface area is 236 Å². The number of pyridine rings is 1. The van der Waals surface area contributed by atoms with E-state index in [2.05, 4.69) is 34.1 Å². The summed E-state index contributed by atoms with van der Waals surface area (Å²) in [6.07, 6.45) is 11.4. The minimum Gasteiger partial charge on any atom is -0.480 e. The molecule has 6 rings (SSSR count). The molecule has 0 saturated heterocycles. The van der Waals surface area contributed by atoms with Gasteiger partial charge in [-0.2, -0.15) is 4.98 Å². The third-order valence-corrected chi connectivity index (χ3v) is 9.46. The summed E-state index contributed by atoms with van der Waals surface area (Å²) in [7, 11) is 0. The minimum atomic E-state index is -0.975. The van der Waals surface area contributed by atoms with Gasteiger partial charge in [0.15, 0.2) is 5.82 Å². The quantitative estimate of drug-likeness (QED) is 0.272. The number of halogens is 2. The van der Waals surface area contributed by atoms with Gasteiger partial charge in [-0.1, -0.05) is 46.9 Å². The van der Waals surface area contributed by atoms with Crippen LogP contribution in [-0.4, -0.2) is 37.0 Å². The van der Waals surface area contributed by atoms with E-state index in [-0.39, 0.29) is 11.0 Å². The normalized spacial score (nSPS) is 26.1. The molecule has 0 amide bonds. The molecule has 39 heavy (non-hydrogen) atoms. The van der Waals surface area contributed by atoms with Crippen molar-refractivity contribution >= 4 is 29.2 Å². The lowest BCUT2D eigenvalue weighted by Gasteiger charge is -2.43. The van der Waals surface area contributed by atoms with Crippen molar-refractivity contribution in [2.45, 2.75) is 107 Å². The Bertz CT molecular complexity index is 1370. The number of carbonyl (C=O) groups is 1. The molecule has 3 saturated carbocycles. The van der Waals surface area contributed by atoms with E-state index >= 15 is 0 Å². The fourth-order valence-corrected chi connectivity index (χ4v) is 6.49. The van der Waals surface area contributed by atoms with Gasteiger partial charge < -0.3 is 18.9 Å². The van der Waals surface area contributed by atoms with E-state index in [1.165, 1.54) is 0 Å². The summed E-state index contributed by atoms with van der Waals surface area (Å²) in [6.45, 7) is 4.62. The Morgan fingerprint density at radius 2 is 1.77 bits per heavy atom. The number of nitrogens with zero attached hydrogens (tertiary/aromatic N) is 4. The van der Waals surface area contributed by atoms with Crippen molar-refractivity contribution < 1.29 is 23.7 Å². The second-order valence-electron chi connectivity index (χ2n) is 11.7. The number of carboxylic acids is 1. The molecule has 0 aliphatic heterocycles. The SMILES string of the molecule is CCCC1(c2nc(C3(C(=O)O)CC3)no2)CCC(C)(OCc2c(-c3c(Cl)cncc3Cl)noc2C2CC2)CC1. The van der Waals surface area contributed by atoms with Crippen LogP contribution >= 0.6 is 23.2 Å². The second-order valence-corrected chi connectivity index (χ2v) is 12.5. The first-order valence-electron chi connectivity index (χ1n) is 13.7. The summed E-state index contributed by atoms with van der Waals surface area (Å²) < 4.78 is 18.2. The van der Waals surface area contributed by atoms with Gasteiger partial charge in [0.25, 0.3) is 0 Å². The number of hydrogen-bond donors (Lipinski definition) is 1. The molecule has 0 spiro atoms. The molecule has 3 aromatic heterocycles. The number of aromatic nitrogens is 4. The van der Waals surface area contributed by atoms with Crippen molar-refractivity contribution in [2.24, 2.45) is 0 Å². The first kappa shape index (κ1) is 26.7.